The second-order valence-corrected chi connectivity index (χ2v) is 12.7. The average Bonchev–Trinajstić information content (AvgIpc) is 0.725. The molecule has 4 atom stereocenters. The molecule has 0 aliphatic rings. The first-order valence-electron chi connectivity index (χ1n) is 40.1. The molecule has 4 unspecified atom stereocenters. The predicted molar refractivity (Wildman–Crippen MR) is 266 cm³/mol. The van der Waals surface area contributed by atoms with Gasteiger partial charge in [0, 0.05) is 11.0 Å². The van der Waals surface area contributed by atoms with Crippen LogP contribution in [0, 0.1) is 0 Å². The van der Waals surface area contributed by atoms with Crippen LogP contribution in [0.25, 0.3) is 43.1 Å². The Kier molecular flexibility index (Phi) is 6.13. The Morgan fingerprint density at radius 3 is 0.956 bits per heavy atom. The fourth-order valence-electron chi connectivity index (χ4n) is 4.80. The minimum Gasteiger partial charge on any atom is -0.497 e. The Bertz CT molecular complexity index is 5230. The lowest BCUT2D eigenvalue weighted by molar-refractivity contribution is -0.139. The lowest BCUT2D eigenvalue weighted by atomic mass is 9.98. The molecule has 8 aromatic carbocycles. The Hall–Kier alpha value is -8.12. The van der Waals surface area contributed by atoms with E-state index in [0.717, 1.165) is 6.92 Å². The van der Waals surface area contributed by atoms with Gasteiger partial charge in [-0.1, -0.05) is 96.7 Å². The zero-order chi connectivity index (χ0) is 87.4. The first kappa shape index (κ1) is 17.8. The maximum Gasteiger partial charge on any atom is 0.310 e. The molecule has 0 aliphatic heterocycles. The third-order valence-electron chi connectivity index (χ3n) is 8.35. The third-order valence-corrected chi connectivity index (χ3v) is 8.35. The molecule has 12 heteroatoms. The largest absolute Gasteiger partial charge is 0.497 e. The van der Waals surface area contributed by atoms with Crippen LogP contribution in [-0.4, -0.2) is 72.5 Å². The van der Waals surface area contributed by atoms with Gasteiger partial charge in [-0.15, -0.1) is 0 Å². The first-order valence-corrected chi connectivity index (χ1v) is 18.1. The van der Waals surface area contributed by atoms with Crippen molar-refractivity contribution in [3.05, 3.63) is 167 Å². The van der Waals surface area contributed by atoms with Crippen LogP contribution in [0.4, 0.5) is 0 Å². The molecule has 0 spiro atoms. The summed E-state index contributed by atoms with van der Waals surface area (Å²) in [5.41, 5.74) is -3.04. The van der Waals surface area contributed by atoms with E-state index in [1.165, 1.54) is 6.92 Å². The molecular formula is C56H56O12. The SMILES string of the molecule is [2H]c1c(C(C(=O)O)C([2H])([2H])[2H])c([2H])c2c([2H])c([2H])c(OC([2H])([2H])[2H])c([2H])c2c1[2H].[2H]c1c(C(C)C(=O)O)c([2H])c2c([2H])c([2H])c(OC([2H])([2H])[2H])c([2H])c2c1[2H].[2H]c1c(C([2H])(C(=O)O)C([2H])([2H])[2H])c([2H])c2c([2H])c([2H])c(OC([2H])([2H])[2H])c([2H])c2c1[2H].[2H]c1c(C([2H])(C)C(=O)O)c([2H])c2c([2H])c([2H])c(OC([2H])([2H])[2H])c([2H])c2c1[2H]. The van der Waals surface area contributed by atoms with Crippen molar-refractivity contribution in [1.82, 2.24) is 0 Å². The first-order chi connectivity index (χ1) is 50.3. The highest BCUT2D eigenvalue weighted by Crippen LogP contribution is 2.29. The summed E-state index contributed by atoms with van der Waals surface area (Å²) in [6.45, 7) is -4.63. The minimum atomic E-state index is -3.58. The smallest absolute Gasteiger partial charge is 0.310 e. The molecule has 0 amide bonds. The molecule has 0 aromatic heterocycles. The van der Waals surface area contributed by atoms with Gasteiger partial charge in [0.15, 0.2) is 0 Å². The number of rotatable bonds is 12. The Morgan fingerprint density at radius 2 is 0.662 bits per heavy atom. The predicted octanol–water partition coefficient (Wildman–Crippen LogP) is 12.1. The van der Waals surface area contributed by atoms with Crippen LogP contribution in [0.2, 0.25) is 0 Å². The second-order valence-electron chi connectivity index (χ2n) is 12.7. The summed E-state index contributed by atoms with van der Waals surface area (Å²) >= 11 is 0. The van der Waals surface area contributed by atoms with Crippen LogP contribution in [0.1, 0.15) is 134 Å². The highest BCUT2D eigenvalue weighted by molar-refractivity contribution is 5.89. The van der Waals surface area contributed by atoms with Crippen LogP contribution in [-0.2, 0) is 19.2 Å². The van der Waals surface area contributed by atoms with E-state index in [2.05, 4.69) is 18.9 Å². The zero-order valence-corrected chi connectivity index (χ0v) is 34.2. The van der Waals surface area contributed by atoms with Gasteiger partial charge < -0.3 is 39.4 Å². The van der Waals surface area contributed by atoms with Gasteiger partial charge in [-0.05, 0) is 141 Å². The van der Waals surface area contributed by atoms with Gasteiger partial charge in [0.1, 0.15) is 23.0 Å². The van der Waals surface area contributed by atoms with E-state index in [1.807, 2.05) is 0 Å². The van der Waals surface area contributed by atoms with Gasteiger partial charge in [-0.2, -0.15) is 0 Å². The number of hydrogen-bond acceptors (Lipinski definition) is 8. The number of carboxylic acids is 4. The monoisotopic (exact) mass is 965 g/mol. The number of aliphatic carboxylic acids is 4. The standard InChI is InChI=1S/4C14H14O3/c4*1-9(14(15)16)10-3-4-12-8-13(17-2)6-5-11(12)7-10/h4*3-9H,1-2H3,(H,15,16)/i1D3,2D3,3D,4D,5D,6D,7D,8D,9D;2D3,3D,4D,5D,6D,7D,8D,9D;1D3,2D3,3D,4D,5D,6D,7D,8D;2D3,3D,4D,5D,6D,7D,8D. The summed E-state index contributed by atoms with van der Waals surface area (Å²) in [6, 6.07) is -20.1. The van der Waals surface area contributed by atoms with Crippen molar-refractivity contribution in [1.29, 1.82) is 0 Å². The Labute approximate surface area is 456 Å². The van der Waals surface area contributed by atoms with E-state index in [-0.39, 0.29) is 10.9 Å². The van der Waals surface area contributed by atoms with Crippen molar-refractivity contribution < 1.29 is 119 Å². The van der Waals surface area contributed by atoms with Crippen molar-refractivity contribution in [2.24, 2.45) is 0 Å². The quantitative estimate of drug-likeness (QED) is 0.0909. The van der Waals surface area contributed by atoms with Crippen molar-refractivity contribution in [3.8, 4) is 23.0 Å². The Balaban J connectivity index is 0.000000267. The van der Waals surface area contributed by atoms with Gasteiger partial charge in [-0.25, -0.2) is 0 Å². The van der Waals surface area contributed by atoms with E-state index in [0.29, 0.717) is 0 Å². The van der Waals surface area contributed by atoms with Crippen molar-refractivity contribution >= 4 is 67.0 Å². The topological polar surface area (TPSA) is 186 Å². The number of benzene rings is 8. The lowest BCUT2D eigenvalue weighted by Gasteiger charge is -2.08. The molecule has 0 saturated heterocycles. The van der Waals surface area contributed by atoms with Gasteiger partial charge in [-0.3, -0.25) is 19.2 Å². The Morgan fingerprint density at radius 1 is 0.382 bits per heavy atom. The molecule has 0 heterocycles. The molecule has 68 heavy (non-hydrogen) atoms. The normalized spacial score (nSPS) is 23.7. The van der Waals surface area contributed by atoms with Gasteiger partial charge in [0.2, 0.25) is 0 Å². The van der Waals surface area contributed by atoms with E-state index < -0.39 is 312 Å². The third kappa shape index (κ3) is 13.0. The lowest BCUT2D eigenvalue weighted by Crippen LogP contribution is -2.06. The van der Waals surface area contributed by atoms with E-state index in [9.17, 15) is 34.5 Å². The van der Waals surface area contributed by atoms with Gasteiger partial charge in [0.25, 0.3) is 0 Å². The van der Waals surface area contributed by atoms with Crippen molar-refractivity contribution in [2.45, 2.75) is 51.2 Å². The van der Waals surface area contributed by atoms with Crippen molar-refractivity contribution in [2.75, 3.05) is 28.2 Å². The average molecular weight is 965 g/mol. The van der Waals surface area contributed by atoms with Crippen LogP contribution < -0.4 is 18.9 Å². The summed E-state index contributed by atoms with van der Waals surface area (Å²) < 4.78 is 358. The van der Waals surface area contributed by atoms with Gasteiger partial charge >= 0.3 is 23.9 Å². The summed E-state index contributed by atoms with van der Waals surface area (Å²) in [5.74, 6) is -20.2. The van der Waals surface area contributed by atoms with Crippen LogP contribution in [0.15, 0.2) is 145 Å². The molecule has 8 aromatic rings. The van der Waals surface area contributed by atoms with Gasteiger partial charge in [0.05, 0.1) is 101 Å². The maximum atomic E-state index is 11.7. The van der Waals surface area contributed by atoms with E-state index in [1.54, 1.807) is 0 Å². The molecular weight excluding hydrogens is 865 g/mol. The van der Waals surface area contributed by atoms with Crippen molar-refractivity contribution in [3.63, 3.8) is 0 Å². The highest BCUT2D eigenvalue weighted by atomic mass is 16.5. The molecule has 8 rings (SSSR count). The van der Waals surface area contributed by atoms with E-state index >= 15 is 0 Å². The number of carbonyl (C=O) groups is 4. The molecule has 352 valence electrons. The molecule has 0 fully saturated rings. The van der Waals surface area contributed by atoms with E-state index in [4.69, 9.17) is 65.4 Å². The second kappa shape index (κ2) is 23.4. The molecule has 0 saturated carbocycles. The zero-order valence-electron chi connectivity index (χ0n) is 78.2. The van der Waals surface area contributed by atoms with Crippen LogP contribution in [0.3, 0.4) is 0 Å². The molecule has 12 nitrogen and oxygen atoms in total. The number of methoxy groups -OCH3 is 4. The molecule has 0 bridgehead atoms. The summed E-state index contributed by atoms with van der Waals surface area (Å²) in [4.78, 5) is 45.8. The summed E-state index contributed by atoms with van der Waals surface area (Å²) in [5, 5.41) is 32.8. The maximum absolute atomic E-state index is 11.7. The van der Waals surface area contributed by atoms with Crippen LogP contribution >= 0.6 is 0 Å². The number of ether oxygens (including phenoxy) is 4. The van der Waals surface area contributed by atoms with Crippen LogP contribution in [0.5, 0.6) is 23.0 Å². The fraction of sp³-hybridized carbons (Fsp3) is 0.214. The minimum absolute atomic E-state index is 0.313. The number of hydrogen-bond donors (Lipinski definition) is 4. The number of fused-ring (bicyclic) bond motifs is 4. The highest BCUT2D eigenvalue weighted by Gasteiger charge is 2.17. The summed E-state index contributed by atoms with van der Waals surface area (Å²) in [6.07, 6.45) is 0. The number of carboxylic acid groups (broad SMARTS) is 4. The summed E-state index contributed by atoms with van der Waals surface area (Å²) in [7, 11) is -12.2. The molecule has 0 aliphatic carbocycles. The molecule has 0 radical (unpaired) electrons. The molecule has 4 N–H and O–H groups in total. The fourth-order valence-corrected chi connectivity index (χ4v) is 4.80.